The standard InChI is InChI=1S/C12H13BrN2S2/c1-2-16-9-5-3-8(4-6-9)11-12(13)15-10(7-14)17-11/h3-6H,2,7,14H2,1H3. The van der Waals surface area contributed by atoms with Crippen molar-refractivity contribution < 1.29 is 0 Å². The molecule has 1 aromatic heterocycles. The van der Waals surface area contributed by atoms with E-state index >= 15 is 0 Å². The van der Waals surface area contributed by atoms with Crippen molar-refractivity contribution in [2.75, 3.05) is 5.75 Å². The summed E-state index contributed by atoms with van der Waals surface area (Å²) in [4.78, 5) is 6.82. The Hall–Kier alpha value is -0.360. The third-order valence-electron chi connectivity index (χ3n) is 2.23. The summed E-state index contributed by atoms with van der Waals surface area (Å²) in [7, 11) is 0. The molecule has 2 nitrogen and oxygen atoms in total. The zero-order chi connectivity index (χ0) is 12.3. The number of benzene rings is 1. The topological polar surface area (TPSA) is 38.9 Å². The number of hydrogen-bond acceptors (Lipinski definition) is 4. The van der Waals surface area contributed by atoms with Crippen molar-refractivity contribution in [3.05, 3.63) is 33.9 Å². The summed E-state index contributed by atoms with van der Waals surface area (Å²) >= 11 is 6.97. The number of hydrogen-bond donors (Lipinski definition) is 1. The molecule has 2 rings (SSSR count). The Morgan fingerprint density at radius 3 is 2.59 bits per heavy atom. The smallest absolute Gasteiger partial charge is 0.125 e. The Balaban J connectivity index is 2.29. The summed E-state index contributed by atoms with van der Waals surface area (Å²) in [6.07, 6.45) is 0. The van der Waals surface area contributed by atoms with Crippen LogP contribution in [0.2, 0.25) is 0 Å². The highest BCUT2D eigenvalue weighted by Gasteiger charge is 2.09. The molecule has 0 bridgehead atoms. The van der Waals surface area contributed by atoms with Gasteiger partial charge in [0.15, 0.2) is 0 Å². The van der Waals surface area contributed by atoms with Crippen molar-refractivity contribution in [1.29, 1.82) is 0 Å². The van der Waals surface area contributed by atoms with Crippen LogP contribution in [0, 0.1) is 0 Å². The molecule has 17 heavy (non-hydrogen) atoms. The fraction of sp³-hybridized carbons (Fsp3) is 0.250. The van der Waals surface area contributed by atoms with Crippen LogP contribution in [0.25, 0.3) is 10.4 Å². The molecule has 1 heterocycles. The van der Waals surface area contributed by atoms with Crippen molar-refractivity contribution >= 4 is 39.0 Å². The second-order valence-electron chi connectivity index (χ2n) is 3.39. The first kappa shape index (κ1) is 13.1. The van der Waals surface area contributed by atoms with Gasteiger partial charge >= 0.3 is 0 Å². The third kappa shape index (κ3) is 3.10. The minimum Gasteiger partial charge on any atom is -0.325 e. The molecule has 0 saturated carbocycles. The van der Waals surface area contributed by atoms with Gasteiger partial charge in [-0.15, -0.1) is 23.1 Å². The first-order valence-corrected chi connectivity index (χ1v) is 7.92. The highest BCUT2D eigenvalue weighted by atomic mass is 79.9. The highest BCUT2D eigenvalue weighted by molar-refractivity contribution is 9.10. The molecule has 0 saturated heterocycles. The van der Waals surface area contributed by atoms with Crippen LogP contribution in [0.3, 0.4) is 0 Å². The molecule has 0 unspecified atom stereocenters. The summed E-state index contributed by atoms with van der Waals surface area (Å²) in [5.41, 5.74) is 6.79. The van der Waals surface area contributed by atoms with Crippen LogP contribution < -0.4 is 5.73 Å². The SMILES string of the molecule is CCSc1ccc(-c2sc(CN)nc2Br)cc1. The lowest BCUT2D eigenvalue weighted by Gasteiger charge is -2.01. The van der Waals surface area contributed by atoms with E-state index in [1.165, 1.54) is 10.5 Å². The molecule has 2 aromatic rings. The lowest BCUT2D eigenvalue weighted by Crippen LogP contribution is -1.93. The lowest BCUT2D eigenvalue weighted by atomic mass is 10.2. The number of nitrogens with zero attached hydrogens (tertiary/aromatic N) is 1. The summed E-state index contributed by atoms with van der Waals surface area (Å²) < 4.78 is 0.888. The number of nitrogens with two attached hydrogens (primary N) is 1. The molecular formula is C12H13BrN2S2. The molecule has 5 heteroatoms. The minimum absolute atomic E-state index is 0.493. The van der Waals surface area contributed by atoms with E-state index in [0.29, 0.717) is 6.54 Å². The van der Waals surface area contributed by atoms with Crippen molar-refractivity contribution in [3.8, 4) is 10.4 Å². The molecule has 90 valence electrons. The highest BCUT2D eigenvalue weighted by Crippen LogP contribution is 2.34. The zero-order valence-electron chi connectivity index (χ0n) is 9.44. The Labute approximate surface area is 118 Å². The van der Waals surface area contributed by atoms with Crippen LogP contribution in [0.5, 0.6) is 0 Å². The Bertz CT molecular complexity index is 494. The van der Waals surface area contributed by atoms with Gasteiger partial charge in [0.05, 0.1) is 4.88 Å². The molecule has 0 amide bonds. The molecule has 0 spiro atoms. The van der Waals surface area contributed by atoms with Crippen molar-refractivity contribution in [3.63, 3.8) is 0 Å². The molecule has 0 aliphatic rings. The number of halogens is 1. The van der Waals surface area contributed by atoms with Gasteiger partial charge in [-0.1, -0.05) is 19.1 Å². The normalized spacial score (nSPS) is 10.8. The monoisotopic (exact) mass is 328 g/mol. The molecular weight excluding hydrogens is 316 g/mol. The van der Waals surface area contributed by atoms with Gasteiger partial charge in [-0.05, 0) is 39.4 Å². The Kier molecular flexibility index (Phi) is 4.62. The molecule has 0 fully saturated rings. The zero-order valence-corrected chi connectivity index (χ0v) is 12.7. The maximum absolute atomic E-state index is 5.60. The molecule has 0 aliphatic carbocycles. The molecule has 2 N–H and O–H groups in total. The van der Waals surface area contributed by atoms with Gasteiger partial charge < -0.3 is 5.73 Å². The van der Waals surface area contributed by atoms with E-state index < -0.39 is 0 Å². The summed E-state index contributed by atoms with van der Waals surface area (Å²) in [5, 5.41) is 0.957. The van der Waals surface area contributed by atoms with Gasteiger partial charge in [-0.3, -0.25) is 0 Å². The van der Waals surface area contributed by atoms with E-state index in [9.17, 15) is 0 Å². The average Bonchev–Trinajstić information content (AvgIpc) is 2.72. The fourth-order valence-corrected chi connectivity index (χ4v) is 3.78. The Morgan fingerprint density at radius 1 is 1.35 bits per heavy atom. The second-order valence-corrected chi connectivity index (χ2v) is 6.56. The van der Waals surface area contributed by atoms with E-state index in [4.69, 9.17) is 5.73 Å². The lowest BCUT2D eigenvalue weighted by molar-refractivity contribution is 1.03. The number of rotatable bonds is 4. The summed E-state index contributed by atoms with van der Waals surface area (Å²) in [5.74, 6) is 1.10. The van der Waals surface area contributed by atoms with Gasteiger partial charge in [0.1, 0.15) is 9.61 Å². The maximum Gasteiger partial charge on any atom is 0.125 e. The summed E-state index contributed by atoms with van der Waals surface area (Å²) in [6, 6.07) is 8.57. The number of aromatic nitrogens is 1. The van der Waals surface area contributed by atoms with Gasteiger partial charge in [-0.25, -0.2) is 4.98 Å². The van der Waals surface area contributed by atoms with E-state index in [1.807, 2.05) is 11.8 Å². The predicted octanol–water partition coefficient (Wildman–Crippen LogP) is 4.14. The van der Waals surface area contributed by atoms with Gasteiger partial charge in [0.25, 0.3) is 0 Å². The van der Waals surface area contributed by atoms with Crippen molar-refractivity contribution in [2.45, 2.75) is 18.4 Å². The quantitative estimate of drug-likeness (QED) is 0.857. The first-order valence-electron chi connectivity index (χ1n) is 5.33. The van der Waals surface area contributed by atoms with Crippen LogP contribution in [0.1, 0.15) is 11.9 Å². The van der Waals surface area contributed by atoms with E-state index in [1.54, 1.807) is 11.3 Å². The third-order valence-corrected chi connectivity index (χ3v) is 5.09. The average molecular weight is 329 g/mol. The van der Waals surface area contributed by atoms with Gasteiger partial charge in [-0.2, -0.15) is 0 Å². The van der Waals surface area contributed by atoms with Crippen LogP contribution in [-0.4, -0.2) is 10.7 Å². The largest absolute Gasteiger partial charge is 0.325 e. The first-order chi connectivity index (χ1) is 8.24. The predicted molar refractivity (Wildman–Crippen MR) is 79.5 cm³/mol. The fourth-order valence-electron chi connectivity index (χ4n) is 1.48. The van der Waals surface area contributed by atoms with E-state index in [0.717, 1.165) is 20.2 Å². The molecule has 0 atom stereocenters. The van der Waals surface area contributed by atoms with Crippen LogP contribution >= 0.6 is 39.0 Å². The van der Waals surface area contributed by atoms with Crippen molar-refractivity contribution in [2.24, 2.45) is 5.73 Å². The maximum atomic E-state index is 5.60. The van der Waals surface area contributed by atoms with E-state index in [-0.39, 0.29) is 0 Å². The molecule has 1 aromatic carbocycles. The Morgan fingerprint density at radius 2 is 2.06 bits per heavy atom. The van der Waals surface area contributed by atoms with Crippen LogP contribution in [0.15, 0.2) is 33.8 Å². The second kappa shape index (κ2) is 6.00. The van der Waals surface area contributed by atoms with Gasteiger partial charge in [0.2, 0.25) is 0 Å². The van der Waals surface area contributed by atoms with Crippen LogP contribution in [-0.2, 0) is 6.54 Å². The van der Waals surface area contributed by atoms with E-state index in [2.05, 4.69) is 52.1 Å². The molecule has 0 radical (unpaired) electrons. The summed E-state index contributed by atoms with van der Waals surface area (Å²) in [6.45, 7) is 2.65. The molecule has 0 aliphatic heterocycles. The number of thiazole rings is 1. The van der Waals surface area contributed by atoms with Crippen molar-refractivity contribution in [1.82, 2.24) is 4.98 Å². The minimum atomic E-state index is 0.493. The van der Waals surface area contributed by atoms with Gasteiger partial charge in [0, 0.05) is 11.4 Å². The van der Waals surface area contributed by atoms with Crippen LogP contribution in [0.4, 0.5) is 0 Å². The number of thioether (sulfide) groups is 1.